The molecule has 0 aliphatic rings. The van der Waals surface area contributed by atoms with Gasteiger partial charge in [-0.2, -0.15) is 0 Å². The van der Waals surface area contributed by atoms with Crippen LogP contribution in [-0.2, 0) is 9.53 Å². The molecule has 2 rings (SSSR count). The molecule has 2 aromatic rings. The van der Waals surface area contributed by atoms with Crippen molar-refractivity contribution in [3.8, 4) is 17.2 Å². The topological polar surface area (TPSA) is 78.1 Å². The minimum atomic E-state index is -0.464. The minimum absolute atomic E-state index is 0.200. The van der Waals surface area contributed by atoms with Crippen molar-refractivity contribution in [1.29, 1.82) is 0 Å². The highest BCUT2D eigenvalue weighted by molar-refractivity contribution is 5.96. The van der Waals surface area contributed by atoms with Gasteiger partial charge in [0.2, 0.25) is 5.91 Å². The average molecular weight is 415 g/mol. The van der Waals surface area contributed by atoms with Crippen molar-refractivity contribution in [2.45, 2.75) is 13.0 Å². The molecule has 1 atom stereocenters. The summed E-state index contributed by atoms with van der Waals surface area (Å²) >= 11 is 0. The maximum absolute atomic E-state index is 12.5. The Morgan fingerprint density at radius 1 is 0.967 bits per heavy atom. The average Bonchev–Trinajstić information content (AvgIpc) is 2.75. The molecule has 0 fully saturated rings. The summed E-state index contributed by atoms with van der Waals surface area (Å²) in [5.41, 5.74) is 3.45. The smallest absolute Gasteiger partial charge is 0.243 e. The summed E-state index contributed by atoms with van der Waals surface area (Å²) in [5.74, 6) is 1.78. The Balaban J connectivity index is 2.28. The first-order valence-electron chi connectivity index (χ1n) is 9.53. The molecule has 0 aliphatic carbocycles. The number of nitrogens with one attached hydrogen (secondary N) is 2. The Morgan fingerprint density at radius 2 is 1.67 bits per heavy atom. The van der Waals surface area contributed by atoms with Crippen LogP contribution in [0.15, 0.2) is 30.3 Å². The molecule has 0 saturated carbocycles. The van der Waals surface area contributed by atoms with Crippen molar-refractivity contribution in [2.24, 2.45) is 0 Å². The zero-order chi connectivity index (χ0) is 22.1. The summed E-state index contributed by atoms with van der Waals surface area (Å²) in [4.78, 5) is 12.5. The van der Waals surface area contributed by atoms with E-state index in [2.05, 4.69) is 10.6 Å². The number of amides is 1. The van der Waals surface area contributed by atoms with Crippen LogP contribution in [0.2, 0.25) is 0 Å². The molecule has 2 aromatic carbocycles. The highest BCUT2D eigenvalue weighted by Gasteiger charge is 2.18. The number of rotatable bonds is 10. The molecule has 0 aromatic heterocycles. The maximum atomic E-state index is 12.5. The molecule has 0 aliphatic heterocycles. The van der Waals surface area contributed by atoms with E-state index >= 15 is 0 Å². The number of hydrogen-bond acceptors (Lipinski definition) is 6. The number of carbonyl (C=O) groups excluding carboxylic acids is 1. The van der Waals surface area contributed by atoms with Crippen LogP contribution in [0.5, 0.6) is 17.2 Å². The summed E-state index contributed by atoms with van der Waals surface area (Å²) in [6, 6.07) is 9.07. The fraction of sp³-hybridized carbons (Fsp3) is 0.348. The predicted octanol–water partition coefficient (Wildman–Crippen LogP) is 3.36. The molecule has 0 unspecified atom stereocenters. The predicted molar refractivity (Wildman–Crippen MR) is 120 cm³/mol. The molecule has 7 nitrogen and oxygen atoms in total. The van der Waals surface area contributed by atoms with Crippen LogP contribution in [-0.4, -0.2) is 54.0 Å². The monoisotopic (exact) mass is 414 g/mol. The number of aryl methyl sites for hydroxylation is 1. The van der Waals surface area contributed by atoms with Gasteiger partial charge in [-0.15, -0.1) is 0 Å². The first kappa shape index (κ1) is 23.3. The van der Waals surface area contributed by atoms with Gasteiger partial charge in [0.15, 0.2) is 11.5 Å². The number of anilines is 1. The number of hydrogen-bond donors (Lipinski definition) is 2. The lowest BCUT2D eigenvalue weighted by Gasteiger charge is -2.17. The number of likely N-dealkylation sites (N-methyl/N-ethyl adjacent to an activating group) is 1. The Labute approximate surface area is 178 Å². The van der Waals surface area contributed by atoms with Crippen LogP contribution in [0.25, 0.3) is 12.2 Å². The van der Waals surface area contributed by atoms with Crippen molar-refractivity contribution in [1.82, 2.24) is 5.32 Å². The van der Waals surface area contributed by atoms with Crippen LogP contribution in [0.3, 0.4) is 0 Å². The van der Waals surface area contributed by atoms with Crippen molar-refractivity contribution in [3.05, 3.63) is 47.0 Å². The van der Waals surface area contributed by atoms with E-state index in [0.717, 1.165) is 22.4 Å². The van der Waals surface area contributed by atoms with E-state index in [0.29, 0.717) is 17.2 Å². The lowest BCUT2D eigenvalue weighted by atomic mass is 10.1. The van der Waals surface area contributed by atoms with Crippen LogP contribution < -0.4 is 24.8 Å². The van der Waals surface area contributed by atoms with Gasteiger partial charge in [0.25, 0.3) is 0 Å². The highest BCUT2D eigenvalue weighted by atomic mass is 16.5. The number of carbonyl (C=O) groups is 1. The second kappa shape index (κ2) is 11.2. The molecule has 0 saturated heterocycles. The van der Waals surface area contributed by atoms with E-state index in [4.69, 9.17) is 18.9 Å². The van der Waals surface area contributed by atoms with Crippen LogP contribution in [0.1, 0.15) is 16.7 Å². The van der Waals surface area contributed by atoms with Gasteiger partial charge < -0.3 is 29.6 Å². The van der Waals surface area contributed by atoms with E-state index in [9.17, 15) is 4.79 Å². The van der Waals surface area contributed by atoms with Gasteiger partial charge in [-0.1, -0.05) is 18.2 Å². The third-order valence-corrected chi connectivity index (χ3v) is 4.63. The molecule has 0 radical (unpaired) electrons. The second-order valence-corrected chi connectivity index (χ2v) is 6.65. The lowest BCUT2D eigenvalue weighted by Crippen LogP contribution is -2.41. The van der Waals surface area contributed by atoms with Crippen LogP contribution >= 0.6 is 0 Å². The largest absolute Gasteiger partial charge is 0.495 e. The van der Waals surface area contributed by atoms with Gasteiger partial charge in [-0.25, -0.2) is 0 Å². The first-order valence-corrected chi connectivity index (χ1v) is 9.53. The molecule has 0 bridgehead atoms. The van der Waals surface area contributed by atoms with Crippen molar-refractivity contribution in [2.75, 3.05) is 47.4 Å². The third kappa shape index (κ3) is 5.75. The van der Waals surface area contributed by atoms with E-state index in [1.807, 2.05) is 49.4 Å². The van der Waals surface area contributed by atoms with E-state index in [1.54, 1.807) is 35.5 Å². The van der Waals surface area contributed by atoms with Crippen molar-refractivity contribution < 1.29 is 23.7 Å². The summed E-state index contributed by atoms with van der Waals surface area (Å²) in [6.07, 6.45) is 3.93. The molecule has 1 amide bonds. The van der Waals surface area contributed by atoms with Gasteiger partial charge in [-0.05, 0) is 54.9 Å². The third-order valence-electron chi connectivity index (χ3n) is 4.63. The molecular weight excluding hydrogens is 384 g/mol. The van der Waals surface area contributed by atoms with Gasteiger partial charge in [0.05, 0.1) is 33.6 Å². The Hall–Kier alpha value is -3.03. The number of methoxy groups -OCH3 is 4. The van der Waals surface area contributed by atoms with Gasteiger partial charge in [0, 0.05) is 7.11 Å². The van der Waals surface area contributed by atoms with Gasteiger partial charge in [-0.3, -0.25) is 4.79 Å². The maximum Gasteiger partial charge on any atom is 0.243 e. The summed E-state index contributed by atoms with van der Waals surface area (Å²) in [7, 11) is 8.08. The Morgan fingerprint density at radius 3 is 2.27 bits per heavy atom. The molecule has 0 spiro atoms. The normalized spacial score (nSPS) is 11.9. The fourth-order valence-electron chi connectivity index (χ4n) is 3.07. The highest BCUT2D eigenvalue weighted by Crippen LogP contribution is 2.33. The van der Waals surface area contributed by atoms with Crippen molar-refractivity contribution >= 4 is 23.7 Å². The summed E-state index contributed by atoms with van der Waals surface area (Å²) in [5, 5.41) is 5.83. The SMILES string of the molecule is CN[C@@H](COC)C(=O)Nc1cc(/C=C\c2cc(C)c(OC)c(OC)c2)ccc1OC. The zero-order valence-corrected chi connectivity index (χ0v) is 18.4. The minimum Gasteiger partial charge on any atom is -0.495 e. The summed E-state index contributed by atoms with van der Waals surface area (Å²) < 4.78 is 21.3. The molecule has 30 heavy (non-hydrogen) atoms. The number of ether oxygens (including phenoxy) is 4. The Bertz CT molecular complexity index is 895. The molecule has 0 heterocycles. The van der Waals surface area contributed by atoms with Crippen molar-refractivity contribution in [3.63, 3.8) is 0 Å². The summed E-state index contributed by atoms with van der Waals surface area (Å²) in [6.45, 7) is 2.24. The van der Waals surface area contributed by atoms with Gasteiger partial charge >= 0.3 is 0 Å². The zero-order valence-electron chi connectivity index (χ0n) is 18.4. The lowest BCUT2D eigenvalue weighted by molar-refractivity contribution is -0.119. The van der Waals surface area contributed by atoms with Gasteiger partial charge in [0.1, 0.15) is 11.8 Å². The second-order valence-electron chi connectivity index (χ2n) is 6.65. The number of benzene rings is 2. The fourth-order valence-corrected chi connectivity index (χ4v) is 3.07. The van der Waals surface area contributed by atoms with Crippen LogP contribution in [0, 0.1) is 6.92 Å². The quantitative estimate of drug-likeness (QED) is 0.581. The van der Waals surface area contributed by atoms with E-state index in [1.165, 1.54) is 0 Å². The molecule has 2 N–H and O–H groups in total. The standard InChI is InChI=1S/C23H30N2O5/c1-15-11-17(13-21(29-5)22(15)30-6)8-7-16-9-10-20(28-4)18(12-16)25-23(26)19(24-2)14-27-3/h7-13,19,24H,14H2,1-6H3,(H,25,26)/b8-7-/t19-/m0/s1. The first-order chi connectivity index (χ1) is 14.5. The Kier molecular flexibility index (Phi) is 8.70. The van der Waals surface area contributed by atoms with Crippen LogP contribution in [0.4, 0.5) is 5.69 Å². The molecule has 162 valence electrons. The molecule has 7 heteroatoms. The molecular formula is C23H30N2O5. The van der Waals surface area contributed by atoms with E-state index in [-0.39, 0.29) is 12.5 Å². The van der Waals surface area contributed by atoms with E-state index < -0.39 is 6.04 Å².